The fourth-order valence-corrected chi connectivity index (χ4v) is 2.08. The van der Waals surface area contributed by atoms with Crippen molar-refractivity contribution >= 4 is 16.5 Å². The standard InChI is InChI=1S/C16H14N2O/c1-17-14-9-5-6-12-10-11-18-16(15(12)14)19-13-7-3-2-4-8-13/h2-11,17H,1H3. The van der Waals surface area contributed by atoms with E-state index in [0.717, 1.165) is 22.2 Å². The fraction of sp³-hybridized carbons (Fsp3) is 0.0625. The van der Waals surface area contributed by atoms with Gasteiger partial charge < -0.3 is 10.1 Å². The van der Waals surface area contributed by atoms with E-state index in [9.17, 15) is 0 Å². The normalized spacial score (nSPS) is 10.4. The number of para-hydroxylation sites is 1. The number of hydrogen-bond acceptors (Lipinski definition) is 3. The largest absolute Gasteiger partial charge is 0.438 e. The molecule has 0 aliphatic rings. The zero-order chi connectivity index (χ0) is 13.1. The van der Waals surface area contributed by atoms with Gasteiger partial charge in [-0.3, -0.25) is 0 Å². The monoisotopic (exact) mass is 250 g/mol. The highest BCUT2D eigenvalue weighted by Crippen LogP contribution is 2.32. The van der Waals surface area contributed by atoms with Crippen LogP contribution in [0.3, 0.4) is 0 Å². The van der Waals surface area contributed by atoms with E-state index in [1.165, 1.54) is 0 Å². The van der Waals surface area contributed by atoms with Crippen LogP contribution in [0.2, 0.25) is 0 Å². The van der Waals surface area contributed by atoms with Gasteiger partial charge in [-0.15, -0.1) is 0 Å². The second-order valence-corrected chi connectivity index (χ2v) is 4.18. The molecule has 94 valence electrons. The maximum atomic E-state index is 5.88. The van der Waals surface area contributed by atoms with Gasteiger partial charge in [0.15, 0.2) is 0 Å². The third-order valence-electron chi connectivity index (χ3n) is 2.98. The van der Waals surface area contributed by atoms with Gasteiger partial charge in [0, 0.05) is 18.9 Å². The molecule has 3 rings (SSSR count). The number of fused-ring (bicyclic) bond motifs is 1. The first kappa shape index (κ1) is 11.5. The van der Waals surface area contributed by atoms with Crippen LogP contribution in [0.15, 0.2) is 60.8 Å². The smallest absolute Gasteiger partial charge is 0.229 e. The number of nitrogens with one attached hydrogen (secondary N) is 1. The molecule has 3 nitrogen and oxygen atoms in total. The Morgan fingerprint density at radius 2 is 1.79 bits per heavy atom. The molecule has 1 N–H and O–H groups in total. The second-order valence-electron chi connectivity index (χ2n) is 4.18. The topological polar surface area (TPSA) is 34.2 Å². The minimum Gasteiger partial charge on any atom is -0.438 e. The Morgan fingerprint density at radius 1 is 0.947 bits per heavy atom. The lowest BCUT2D eigenvalue weighted by Gasteiger charge is -2.11. The Bertz CT molecular complexity index is 690. The van der Waals surface area contributed by atoms with E-state index in [1.54, 1.807) is 6.20 Å². The summed E-state index contributed by atoms with van der Waals surface area (Å²) in [4.78, 5) is 4.35. The van der Waals surface area contributed by atoms with Crippen molar-refractivity contribution in [2.75, 3.05) is 12.4 Å². The molecular weight excluding hydrogens is 236 g/mol. The Hall–Kier alpha value is -2.55. The summed E-state index contributed by atoms with van der Waals surface area (Å²) in [5.74, 6) is 1.40. The van der Waals surface area contributed by atoms with Crippen molar-refractivity contribution in [1.82, 2.24) is 4.98 Å². The summed E-state index contributed by atoms with van der Waals surface area (Å²) in [6.07, 6.45) is 1.76. The van der Waals surface area contributed by atoms with E-state index < -0.39 is 0 Å². The maximum Gasteiger partial charge on any atom is 0.229 e. The molecule has 0 unspecified atom stereocenters. The second kappa shape index (κ2) is 4.98. The lowest BCUT2D eigenvalue weighted by atomic mass is 10.1. The molecule has 0 fully saturated rings. The van der Waals surface area contributed by atoms with Crippen molar-refractivity contribution in [2.45, 2.75) is 0 Å². The zero-order valence-corrected chi connectivity index (χ0v) is 10.6. The van der Waals surface area contributed by atoms with Gasteiger partial charge in [-0.2, -0.15) is 0 Å². The molecule has 19 heavy (non-hydrogen) atoms. The molecule has 0 aliphatic heterocycles. The summed E-state index contributed by atoms with van der Waals surface area (Å²) >= 11 is 0. The summed E-state index contributed by atoms with van der Waals surface area (Å²) in [6, 6.07) is 17.7. The van der Waals surface area contributed by atoms with Crippen molar-refractivity contribution in [3.63, 3.8) is 0 Å². The number of rotatable bonds is 3. The third kappa shape index (κ3) is 2.22. The van der Waals surface area contributed by atoms with Gasteiger partial charge in [-0.1, -0.05) is 30.3 Å². The minimum atomic E-state index is 0.619. The SMILES string of the molecule is CNc1cccc2ccnc(Oc3ccccc3)c12. The zero-order valence-electron chi connectivity index (χ0n) is 10.6. The minimum absolute atomic E-state index is 0.619. The Morgan fingerprint density at radius 3 is 2.58 bits per heavy atom. The van der Waals surface area contributed by atoms with Gasteiger partial charge in [0.25, 0.3) is 0 Å². The molecule has 0 amide bonds. The van der Waals surface area contributed by atoms with E-state index in [2.05, 4.69) is 16.4 Å². The number of pyridine rings is 1. The van der Waals surface area contributed by atoms with Gasteiger partial charge in [0.2, 0.25) is 5.88 Å². The molecule has 3 heteroatoms. The van der Waals surface area contributed by atoms with Crippen molar-refractivity contribution in [3.05, 3.63) is 60.8 Å². The predicted octanol–water partition coefficient (Wildman–Crippen LogP) is 4.07. The van der Waals surface area contributed by atoms with Crippen LogP contribution in [0.25, 0.3) is 10.8 Å². The third-order valence-corrected chi connectivity index (χ3v) is 2.98. The number of hydrogen-bond donors (Lipinski definition) is 1. The van der Waals surface area contributed by atoms with Crippen LogP contribution in [-0.4, -0.2) is 12.0 Å². The summed E-state index contributed by atoms with van der Waals surface area (Å²) in [7, 11) is 1.90. The van der Waals surface area contributed by atoms with Crippen LogP contribution in [-0.2, 0) is 0 Å². The predicted molar refractivity (Wildman–Crippen MR) is 77.8 cm³/mol. The van der Waals surface area contributed by atoms with Crippen LogP contribution < -0.4 is 10.1 Å². The summed E-state index contributed by atoms with van der Waals surface area (Å²) < 4.78 is 5.88. The molecule has 1 aromatic heterocycles. The van der Waals surface area contributed by atoms with Gasteiger partial charge in [-0.25, -0.2) is 4.98 Å². The average Bonchev–Trinajstić information content (AvgIpc) is 2.48. The lowest BCUT2D eigenvalue weighted by Crippen LogP contribution is -1.94. The highest BCUT2D eigenvalue weighted by molar-refractivity contribution is 5.97. The highest BCUT2D eigenvalue weighted by atomic mass is 16.5. The summed E-state index contributed by atoms with van der Waals surface area (Å²) in [6.45, 7) is 0. The molecule has 1 heterocycles. The van der Waals surface area contributed by atoms with Crippen LogP contribution >= 0.6 is 0 Å². The van der Waals surface area contributed by atoms with Crippen molar-refractivity contribution in [3.8, 4) is 11.6 Å². The van der Waals surface area contributed by atoms with Crippen LogP contribution in [0.1, 0.15) is 0 Å². The Balaban J connectivity index is 2.13. The van der Waals surface area contributed by atoms with E-state index in [1.807, 2.05) is 55.6 Å². The van der Waals surface area contributed by atoms with E-state index >= 15 is 0 Å². The lowest BCUT2D eigenvalue weighted by molar-refractivity contribution is 0.469. The van der Waals surface area contributed by atoms with Crippen LogP contribution in [0.5, 0.6) is 11.6 Å². The first-order chi connectivity index (χ1) is 9.38. The molecular formula is C16H14N2O. The summed E-state index contributed by atoms with van der Waals surface area (Å²) in [5, 5.41) is 5.28. The number of ether oxygens (including phenoxy) is 1. The maximum absolute atomic E-state index is 5.88. The Labute approximate surface area is 111 Å². The molecule has 0 bridgehead atoms. The number of nitrogens with zero attached hydrogens (tertiary/aromatic N) is 1. The quantitative estimate of drug-likeness (QED) is 0.760. The molecule has 2 aromatic carbocycles. The van der Waals surface area contributed by atoms with E-state index in [-0.39, 0.29) is 0 Å². The molecule has 0 saturated carbocycles. The van der Waals surface area contributed by atoms with E-state index in [4.69, 9.17) is 4.74 Å². The average molecular weight is 250 g/mol. The van der Waals surface area contributed by atoms with Crippen molar-refractivity contribution in [2.24, 2.45) is 0 Å². The highest BCUT2D eigenvalue weighted by Gasteiger charge is 2.08. The molecule has 0 atom stereocenters. The first-order valence-electron chi connectivity index (χ1n) is 6.17. The first-order valence-corrected chi connectivity index (χ1v) is 6.17. The van der Waals surface area contributed by atoms with Gasteiger partial charge in [-0.05, 0) is 29.7 Å². The van der Waals surface area contributed by atoms with Crippen molar-refractivity contribution in [1.29, 1.82) is 0 Å². The Kier molecular flexibility index (Phi) is 3.02. The van der Waals surface area contributed by atoms with Crippen molar-refractivity contribution < 1.29 is 4.74 Å². The van der Waals surface area contributed by atoms with Gasteiger partial charge >= 0.3 is 0 Å². The molecule has 0 aliphatic carbocycles. The van der Waals surface area contributed by atoms with Crippen LogP contribution in [0.4, 0.5) is 5.69 Å². The van der Waals surface area contributed by atoms with Gasteiger partial charge in [0.1, 0.15) is 5.75 Å². The number of aromatic nitrogens is 1. The molecule has 0 spiro atoms. The number of benzene rings is 2. The number of anilines is 1. The van der Waals surface area contributed by atoms with Gasteiger partial charge in [0.05, 0.1) is 5.39 Å². The molecule has 3 aromatic rings. The molecule has 0 saturated heterocycles. The van der Waals surface area contributed by atoms with Crippen LogP contribution in [0, 0.1) is 0 Å². The summed E-state index contributed by atoms with van der Waals surface area (Å²) in [5.41, 5.74) is 1.01. The molecule has 0 radical (unpaired) electrons. The van der Waals surface area contributed by atoms with E-state index in [0.29, 0.717) is 5.88 Å². The fourth-order valence-electron chi connectivity index (χ4n) is 2.08.